The molecule has 0 radical (unpaired) electrons. The van der Waals surface area contributed by atoms with E-state index in [0.29, 0.717) is 0 Å². The van der Waals surface area contributed by atoms with Crippen LogP contribution in [0.5, 0.6) is 0 Å². The molecule has 2 heterocycles. The molecule has 0 bridgehead atoms. The fraction of sp³-hybridized carbons (Fsp3) is 0.929. The lowest BCUT2D eigenvalue weighted by Crippen LogP contribution is -2.51. The van der Waals surface area contributed by atoms with Crippen molar-refractivity contribution in [1.29, 1.82) is 0 Å². The first-order valence-corrected chi connectivity index (χ1v) is 7.23. The molecule has 2 amide bonds. The van der Waals surface area contributed by atoms with Crippen LogP contribution in [0.25, 0.3) is 0 Å². The van der Waals surface area contributed by atoms with Gasteiger partial charge in [0.05, 0.1) is 0 Å². The van der Waals surface area contributed by atoms with Gasteiger partial charge < -0.3 is 15.5 Å². The SMILES string of the molecule is CC(C)(C)NC(=O)N1CCC(C2CCNC2)CC1. The summed E-state index contributed by atoms with van der Waals surface area (Å²) in [5.41, 5.74) is -0.136. The fourth-order valence-electron chi connectivity index (χ4n) is 3.05. The van der Waals surface area contributed by atoms with E-state index in [1.165, 1.54) is 32.4 Å². The molecule has 0 aliphatic carbocycles. The number of carbonyl (C=O) groups is 1. The van der Waals surface area contributed by atoms with Crippen LogP contribution in [0, 0.1) is 11.8 Å². The Bertz CT molecular complexity index is 284. The summed E-state index contributed by atoms with van der Waals surface area (Å²) in [5, 5.41) is 6.49. The van der Waals surface area contributed by atoms with Crippen LogP contribution in [0.2, 0.25) is 0 Å². The Kier molecular flexibility index (Phi) is 4.15. The molecule has 0 aromatic rings. The van der Waals surface area contributed by atoms with E-state index in [1.54, 1.807) is 0 Å². The second kappa shape index (κ2) is 5.47. The van der Waals surface area contributed by atoms with Gasteiger partial charge in [-0.05, 0) is 65.0 Å². The van der Waals surface area contributed by atoms with E-state index in [-0.39, 0.29) is 11.6 Å². The number of rotatable bonds is 1. The molecule has 104 valence electrons. The van der Waals surface area contributed by atoms with Gasteiger partial charge in [0.25, 0.3) is 0 Å². The average Bonchev–Trinajstić information content (AvgIpc) is 2.80. The maximum absolute atomic E-state index is 12.0. The first kappa shape index (κ1) is 13.7. The molecule has 2 rings (SSSR count). The number of piperidine rings is 1. The van der Waals surface area contributed by atoms with Crippen LogP contribution in [0.15, 0.2) is 0 Å². The molecule has 0 aromatic heterocycles. The monoisotopic (exact) mass is 253 g/mol. The normalized spacial score (nSPS) is 26.4. The summed E-state index contributed by atoms with van der Waals surface area (Å²) in [6, 6.07) is 0.102. The Morgan fingerprint density at radius 1 is 1.17 bits per heavy atom. The van der Waals surface area contributed by atoms with Crippen LogP contribution in [0.1, 0.15) is 40.0 Å². The third kappa shape index (κ3) is 3.61. The number of amides is 2. The maximum atomic E-state index is 12.0. The molecular weight excluding hydrogens is 226 g/mol. The molecule has 18 heavy (non-hydrogen) atoms. The van der Waals surface area contributed by atoms with E-state index in [4.69, 9.17) is 0 Å². The zero-order valence-electron chi connectivity index (χ0n) is 12.0. The quantitative estimate of drug-likeness (QED) is 0.748. The second-order valence-electron chi connectivity index (χ2n) is 6.76. The lowest BCUT2D eigenvalue weighted by Gasteiger charge is -2.36. The number of nitrogens with zero attached hydrogens (tertiary/aromatic N) is 1. The van der Waals surface area contributed by atoms with Crippen LogP contribution < -0.4 is 10.6 Å². The van der Waals surface area contributed by atoms with Crippen molar-refractivity contribution < 1.29 is 4.79 Å². The Morgan fingerprint density at radius 2 is 1.83 bits per heavy atom. The number of likely N-dealkylation sites (tertiary alicyclic amines) is 1. The number of hydrogen-bond acceptors (Lipinski definition) is 2. The Labute approximate surface area is 110 Å². The Morgan fingerprint density at radius 3 is 2.33 bits per heavy atom. The van der Waals surface area contributed by atoms with Gasteiger partial charge in [0.15, 0.2) is 0 Å². The first-order chi connectivity index (χ1) is 8.46. The van der Waals surface area contributed by atoms with Crippen molar-refractivity contribution in [1.82, 2.24) is 15.5 Å². The molecule has 2 aliphatic rings. The summed E-state index contributed by atoms with van der Waals surface area (Å²) in [6.45, 7) is 10.3. The van der Waals surface area contributed by atoms with Crippen LogP contribution in [0.3, 0.4) is 0 Å². The van der Waals surface area contributed by atoms with Gasteiger partial charge in [0, 0.05) is 18.6 Å². The highest BCUT2D eigenvalue weighted by atomic mass is 16.2. The molecule has 2 aliphatic heterocycles. The van der Waals surface area contributed by atoms with Crippen LogP contribution in [-0.2, 0) is 0 Å². The number of hydrogen-bond donors (Lipinski definition) is 2. The minimum Gasteiger partial charge on any atom is -0.333 e. The standard InChI is InChI=1S/C14H27N3O/c1-14(2,3)16-13(18)17-8-5-11(6-9-17)12-4-7-15-10-12/h11-12,15H,4-10H2,1-3H3,(H,16,18). The van der Waals surface area contributed by atoms with Crippen molar-refractivity contribution in [3.8, 4) is 0 Å². The summed E-state index contributed by atoms with van der Waals surface area (Å²) in [6.07, 6.45) is 3.66. The van der Waals surface area contributed by atoms with Gasteiger partial charge in [-0.25, -0.2) is 4.79 Å². The van der Waals surface area contributed by atoms with E-state index in [2.05, 4.69) is 10.6 Å². The number of nitrogens with one attached hydrogen (secondary N) is 2. The van der Waals surface area contributed by atoms with Crippen molar-refractivity contribution in [3.05, 3.63) is 0 Å². The predicted molar refractivity (Wildman–Crippen MR) is 73.6 cm³/mol. The number of urea groups is 1. The molecule has 2 saturated heterocycles. The molecule has 4 heteroatoms. The predicted octanol–water partition coefficient (Wildman–Crippen LogP) is 1.82. The second-order valence-corrected chi connectivity index (χ2v) is 6.76. The van der Waals surface area contributed by atoms with E-state index in [1.807, 2.05) is 25.7 Å². The van der Waals surface area contributed by atoms with Gasteiger partial charge in [-0.3, -0.25) is 0 Å². The lowest BCUT2D eigenvalue weighted by atomic mass is 9.84. The van der Waals surface area contributed by atoms with Gasteiger partial charge in [-0.15, -0.1) is 0 Å². The van der Waals surface area contributed by atoms with Crippen molar-refractivity contribution >= 4 is 6.03 Å². The van der Waals surface area contributed by atoms with E-state index in [0.717, 1.165) is 24.9 Å². The van der Waals surface area contributed by atoms with Crippen molar-refractivity contribution in [2.75, 3.05) is 26.2 Å². The van der Waals surface area contributed by atoms with Crippen molar-refractivity contribution in [2.24, 2.45) is 11.8 Å². The zero-order chi connectivity index (χ0) is 13.2. The summed E-state index contributed by atoms with van der Waals surface area (Å²) < 4.78 is 0. The van der Waals surface area contributed by atoms with Crippen molar-refractivity contribution in [2.45, 2.75) is 45.6 Å². The minimum atomic E-state index is -0.136. The maximum Gasteiger partial charge on any atom is 0.317 e. The first-order valence-electron chi connectivity index (χ1n) is 7.23. The van der Waals surface area contributed by atoms with Gasteiger partial charge in [0.1, 0.15) is 0 Å². The average molecular weight is 253 g/mol. The van der Waals surface area contributed by atoms with Crippen LogP contribution >= 0.6 is 0 Å². The van der Waals surface area contributed by atoms with E-state index in [9.17, 15) is 4.79 Å². The molecule has 0 spiro atoms. The fourth-order valence-corrected chi connectivity index (χ4v) is 3.05. The third-order valence-electron chi connectivity index (χ3n) is 4.07. The molecule has 1 atom stereocenters. The van der Waals surface area contributed by atoms with Crippen molar-refractivity contribution in [3.63, 3.8) is 0 Å². The highest BCUT2D eigenvalue weighted by molar-refractivity contribution is 5.75. The molecule has 1 unspecified atom stereocenters. The van der Waals surface area contributed by atoms with Gasteiger partial charge in [-0.1, -0.05) is 0 Å². The molecule has 0 aromatic carbocycles. The molecule has 2 N–H and O–H groups in total. The van der Waals surface area contributed by atoms with Gasteiger partial charge in [0.2, 0.25) is 0 Å². The molecule has 4 nitrogen and oxygen atoms in total. The Hall–Kier alpha value is -0.770. The van der Waals surface area contributed by atoms with Crippen LogP contribution in [-0.4, -0.2) is 42.6 Å². The summed E-state index contributed by atoms with van der Waals surface area (Å²) in [7, 11) is 0. The molecule has 0 saturated carbocycles. The molecule has 2 fully saturated rings. The highest BCUT2D eigenvalue weighted by Gasteiger charge is 2.30. The van der Waals surface area contributed by atoms with E-state index < -0.39 is 0 Å². The van der Waals surface area contributed by atoms with Gasteiger partial charge >= 0.3 is 6.03 Å². The largest absolute Gasteiger partial charge is 0.333 e. The lowest BCUT2D eigenvalue weighted by molar-refractivity contribution is 0.147. The zero-order valence-corrected chi connectivity index (χ0v) is 12.0. The summed E-state index contributed by atoms with van der Waals surface area (Å²) in [5.74, 6) is 1.66. The highest BCUT2D eigenvalue weighted by Crippen LogP contribution is 2.28. The smallest absolute Gasteiger partial charge is 0.317 e. The minimum absolute atomic E-state index is 0.102. The topological polar surface area (TPSA) is 44.4 Å². The number of carbonyl (C=O) groups excluding carboxylic acids is 1. The van der Waals surface area contributed by atoms with E-state index >= 15 is 0 Å². The summed E-state index contributed by atoms with van der Waals surface area (Å²) >= 11 is 0. The van der Waals surface area contributed by atoms with Crippen LogP contribution in [0.4, 0.5) is 4.79 Å². The molecular formula is C14H27N3O. The summed E-state index contributed by atoms with van der Waals surface area (Å²) in [4.78, 5) is 14.0. The Balaban J connectivity index is 1.77. The van der Waals surface area contributed by atoms with Gasteiger partial charge in [-0.2, -0.15) is 0 Å². The third-order valence-corrected chi connectivity index (χ3v) is 4.07.